The van der Waals surface area contributed by atoms with Crippen molar-refractivity contribution in [3.05, 3.63) is 64.4 Å². The lowest BCUT2D eigenvalue weighted by atomic mass is 10.1. The van der Waals surface area contributed by atoms with Crippen molar-refractivity contribution in [1.29, 1.82) is 0 Å². The molecule has 0 aromatic heterocycles. The smallest absolute Gasteiger partial charge is 0.268 e. The van der Waals surface area contributed by atoms with Crippen LogP contribution in [0.3, 0.4) is 0 Å². The molecular formula is C18H20BrFN2O2. The van der Waals surface area contributed by atoms with Gasteiger partial charge in [0.15, 0.2) is 11.6 Å². The van der Waals surface area contributed by atoms with Gasteiger partial charge < -0.3 is 15.0 Å². The molecule has 2 aromatic carbocycles. The summed E-state index contributed by atoms with van der Waals surface area (Å²) in [7, 11) is 3.53. The van der Waals surface area contributed by atoms with Crippen LogP contribution in [-0.2, 0) is 4.79 Å². The number of amides is 1. The van der Waals surface area contributed by atoms with E-state index in [1.54, 1.807) is 30.1 Å². The Hall–Kier alpha value is -1.92. The lowest BCUT2D eigenvalue weighted by Gasteiger charge is -2.25. The molecule has 0 saturated heterocycles. The fourth-order valence-electron chi connectivity index (χ4n) is 2.18. The summed E-state index contributed by atoms with van der Waals surface area (Å²) in [5, 5.41) is 3.00. The van der Waals surface area contributed by atoms with E-state index < -0.39 is 11.9 Å². The second-order valence-electron chi connectivity index (χ2n) is 5.35. The van der Waals surface area contributed by atoms with E-state index >= 15 is 0 Å². The molecule has 0 aliphatic rings. The van der Waals surface area contributed by atoms with Gasteiger partial charge in [-0.1, -0.05) is 46.3 Å². The highest BCUT2D eigenvalue weighted by atomic mass is 79.9. The molecule has 1 atom stereocenters. The maximum absolute atomic E-state index is 14.1. The average molecular weight is 395 g/mol. The third-order valence-electron chi connectivity index (χ3n) is 3.54. The summed E-state index contributed by atoms with van der Waals surface area (Å²) in [5.41, 5.74) is 0.682. The van der Waals surface area contributed by atoms with Gasteiger partial charge in [-0.25, -0.2) is 4.39 Å². The quantitative estimate of drug-likeness (QED) is 0.782. The first-order valence-corrected chi connectivity index (χ1v) is 8.38. The maximum atomic E-state index is 14.1. The largest absolute Gasteiger partial charge is 0.473 e. The van der Waals surface area contributed by atoms with Crippen molar-refractivity contribution in [3.8, 4) is 5.75 Å². The predicted molar refractivity (Wildman–Crippen MR) is 95.5 cm³/mol. The number of hydrogen-bond acceptors (Lipinski definition) is 3. The summed E-state index contributed by atoms with van der Waals surface area (Å²) in [4.78, 5) is 14.3. The minimum Gasteiger partial charge on any atom is -0.473 e. The molecule has 1 amide bonds. The summed E-state index contributed by atoms with van der Waals surface area (Å²) >= 11 is 3.21. The monoisotopic (exact) mass is 394 g/mol. The molecule has 1 N–H and O–H groups in total. The molecular weight excluding hydrogens is 375 g/mol. The highest BCUT2D eigenvalue weighted by Gasteiger charge is 2.26. The van der Waals surface area contributed by atoms with E-state index in [9.17, 15) is 9.18 Å². The van der Waals surface area contributed by atoms with E-state index in [2.05, 4.69) is 21.2 Å². The van der Waals surface area contributed by atoms with Gasteiger partial charge in [0.2, 0.25) is 6.10 Å². The van der Waals surface area contributed by atoms with Crippen LogP contribution < -0.4 is 10.1 Å². The number of rotatable bonds is 7. The third-order valence-corrected chi connectivity index (χ3v) is 4.03. The van der Waals surface area contributed by atoms with Gasteiger partial charge in [-0.2, -0.15) is 0 Å². The standard InChI is InChI=1S/C18H20BrFN2O2/c1-21-10-11-22(2)18(23)17(13-6-4-3-5-7-13)24-16-9-8-14(19)12-15(16)20/h3-9,12,17,21H,10-11H2,1-2H3. The Balaban J connectivity index is 2.28. The SMILES string of the molecule is CNCCN(C)C(=O)C(Oc1ccc(Br)cc1F)c1ccccc1. The Morgan fingerprint density at radius 1 is 1.29 bits per heavy atom. The summed E-state index contributed by atoms with van der Waals surface area (Å²) in [6.45, 7) is 1.20. The number of hydrogen-bond donors (Lipinski definition) is 1. The highest BCUT2D eigenvalue weighted by Crippen LogP contribution is 2.28. The van der Waals surface area contributed by atoms with Crippen LogP contribution in [-0.4, -0.2) is 38.0 Å². The van der Waals surface area contributed by atoms with Crippen molar-refractivity contribution in [2.24, 2.45) is 0 Å². The molecule has 2 aromatic rings. The summed E-state index contributed by atoms with van der Waals surface area (Å²) in [6, 6.07) is 13.6. The molecule has 0 aliphatic carbocycles. The first-order valence-electron chi connectivity index (χ1n) is 7.59. The molecule has 0 spiro atoms. The van der Waals surface area contributed by atoms with Crippen molar-refractivity contribution < 1.29 is 13.9 Å². The van der Waals surface area contributed by atoms with Crippen molar-refractivity contribution in [1.82, 2.24) is 10.2 Å². The van der Waals surface area contributed by atoms with Crippen LogP contribution in [0.5, 0.6) is 5.75 Å². The van der Waals surface area contributed by atoms with Crippen LogP contribution in [0.2, 0.25) is 0 Å². The third kappa shape index (κ3) is 4.79. The lowest BCUT2D eigenvalue weighted by molar-refractivity contribution is -0.137. The van der Waals surface area contributed by atoms with Gasteiger partial charge in [-0.3, -0.25) is 4.79 Å². The molecule has 1 unspecified atom stereocenters. The van der Waals surface area contributed by atoms with E-state index in [1.807, 2.05) is 25.2 Å². The molecule has 0 aliphatic heterocycles. The van der Waals surface area contributed by atoms with Crippen LogP contribution in [0, 0.1) is 5.82 Å². The Bertz CT molecular complexity index is 682. The van der Waals surface area contributed by atoms with Crippen molar-refractivity contribution in [3.63, 3.8) is 0 Å². The minimum atomic E-state index is -0.899. The van der Waals surface area contributed by atoms with Crippen molar-refractivity contribution in [2.45, 2.75) is 6.10 Å². The molecule has 4 nitrogen and oxygen atoms in total. The highest BCUT2D eigenvalue weighted by molar-refractivity contribution is 9.10. The van der Waals surface area contributed by atoms with Crippen molar-refractivity contribution in [2.75, 3.05) is 27.2 Å². The van der Waals surface area contributed by atoms with Gasteiger partial charge in [0.05, 0.1) is 0 Å². The number of nitrogens with one attached hydrogen (secondary N) is 1. The number of benzene rings is 2. The Morgan fingerprint density at radius 3 is 2.62 bits per heavy atom. The van der Waals surface area contributed by atoms with Crippen LogP contribution >= 0.6 is 15.9 Å². The average Bonchev–Trinajstić information content (AvgIpc) is 2.59. The molecule has 6 heteroatoms. The lowest BCUT2D eigenvalue weighted by Crippen LogP contribution is -2.38. The molecule has 2 rings (SSSR count). The second kappa shape index (κ2) is 8.80. The van der Waals surface area contributed by atoms with E-state index in [0.717, 1.165) is 0 Å². The van der Waals surface area contributed by atoms with E-state index in [0.29, 0.717) is 23.1 Å². The molecule has 0 radical (unpaired) electrons. The Labute approximate surface area is 149 Å². The summed E-state index contributed by atoms with van der Waals surface area (Å²) in [5.74, 6) is -0.697. The van der Waals surface area contributed by atoms with Gasteiger partial charge in [0, 0.05) is 30.2 Å². The van der Waals surface area contributed by atoms with Gasteiger partial charge in [-0.15, -0.1) is 0 Å². The predicted octanol–water partition coefficient (Wildman–Crippen LogP) is 3.39. The Morgan fingerprint density at radius 2 is 2.00 bits per heavy atom. The maximum Gasteiger partial charge on any atom is 0.268 e. The van der Waals surface area contributed by atoms with Crippen LogP contribution in [0.25, 0.3) is 0 Å². The summed E-state index contributed by atoms with van der Waals surface area (Å²) in [6.07, 6.45) is -0.899. The fraction of sp³-hybridized carbons (Fsp3) is 0.278. The summed E-state index contributed by atoms with van der Waals surface area (Å²) < 4.78 is 20.5. The van der Waals surface area contributed by atoms with Gasteiger partial charge in [0.25, 0.3) is 5.91 Å². The molecule has 0 fully saturated rings. The minimum absolute atomic E-state index is 0.0439. The van der Waals surface area contributed by atoms with Crippen molar-refractivity contribution >= 4 is 21.8 Å². The second-order valence-corrected chi connectivity index (χ2v) is 6.26. The zero-order valence-corrected chi connectivity index (χ0v) is 15.2. The first kappa shape index (κ1) is 18.4. The van der Waals surface area contributed by atoms with Crippen LogP contribution in [0.1, 0.15) is 11.7 Å². The zero-order chi connectivity index (χ0) is 17.5. The fourth-order valence-corrected chi connectivity index (χ4v) is 2.51. The van der Waals surface area contributed by atoms with Gasteiger partial charge in [-0.05, 0) is 25.2 Å². The van der Waals surface area contributed by atoms with Gasteiger partial charge >= 0.3 is 0 Å². The number of likely N-dealkylation sites (N-methyl/N-ethyl adjacent to an activating group) is 2. The number of carbonyl (C=O) groups is 1. The van der Waals surface area contributed by atoms with Gasteiger partial charge in [0.1, 0.15) is 0 Å². The van der Waals surface area contributed by atoms with Crippen LogP contribution in [0.15, 0.2) is 53.0 Å². The van der Waals surface area contributed by atoms with Crippen LogP contribution in [0.4, 0.5) is 4.39 Å². The zero-order valence-electron chi connectivity index (χ0n) is 13.6. The molecule has 24 heavy (non-hydrogen) atoms. The Kier molecular flexibility index (Phi) is 6.75. The molecule has 0 saturated carbocycles. The molecule has 0 bridgehead atoms. The number of ether oxygens (including phenoxy) is 1. The first-order chi connectivity index (χ1) is 11.5. The number of halogens is 2. The van der Waals surface area contributed by atoms with E-state index in [-0.39, 0.29) is 11.7 Å². The number of carbonyl (C=O) groups excluding carboxylic acids is 1. The molecule has 0 heterocycles. The van der Waals surface area contributed by atoms with E-state index in [1.165, 1.54) is 12.1 Å². The van der Waals surface area contributed by atoms with E-state index in [4.69, 9.17) is 4.74 Å². The normalized spacial score (nSPS) is 11.8. The molecule has 128 valence electrons. The number of nitrogens with zero attached hydrogens (tertiary/aromatic N) is 1. The topological polar surface area (TPSA) is 41.6 Å².